The summed E-state index contributed by atoms with van der Waals surface area (Å²) < 4.78 is 0. The van der Waals surface area contributed by atoms with E-state index in [1.807, 2.05) is 18.2 Å². The number of aromatic amines is 1. The minimum atomic E-state index is -0.104. The molecule has 1 aromatic heterocycles. The van der Waals surface area contributed by atoms with Crippen molar-refractivity contribution in [2.75, 3.05) is 18.4 Å². The third-order valence-electron chi connectivity index (χ3n) is 3.60. The van der Waals surface area contributed by atoms with Crippen LogP contribution in [0.5, 0.6) is 0 Å². The first-order chi connectivity index (χ1) is 9.99. The number of nitrogens with one attached hydrogen (secondary N) is 2. The van der Waals surface area contributed by atoms with Crippen LogP contribution in [0.3, 0.4) is 0 Å². The van der Waals surface area contributed by atoms with Crippen molar-refractivity contribution in [3.05, 3.63) is 34.6 Å². The third kappa shape index (κ3) is 3.82. The summed E-state index contributed by atoms with van der Waals surface area (Å²) in [4.78, 5) is 21.6. The van der Waals surface area contributed by atoms with Crippen molar-refractivity contribution in [1.82, 2.24) is 14.9 Å². The molecule has 0 bridgehead atoms. The summed E-state index contributed by atoms with van der Waals surface area (Å²) in [6.45, 7) is 10.4. The molecule has 0 aliphatic carbocycles. The SMILES string of the molecule is CC(C)N(CCNc1nc2ccccc2c(=O)[nH]1)C(C)C. The van der Waals surface area contributed by atoms with Crippen LogP contribution >= 0.6 is 0 Å². The average molecular weight is 288 g/mol. The highest BCUT2D eigenvalue weighted by Crippen LogP contribution is 2.08. The number of aromatic nitrogens is 2. The van der Waals surface area contributed by atoms with E-state index >= 15 is 0 Å². The molecule has 5 nitrogen and oxygen atoms in total. The zero-order valence-corrected chi connectivity index (χ0v) is 13.2. The molecule has 0 saturated carbocycles. The number of benzene rings is 1. The zero-order valence-electron chi connectivity index (χ0n) is 13.2. The second-order valence-corrected chi connectivity index (χ2v) is 5.78. The second kappa shape index (κ2) is 6.72. The molecular formula is C16H24N4O. The standard InChI is InChI=1S/C16H24N4O/c1-11(2)20(12(3)4)10-9-17-16-18-14-8-6-5-7-13(14)15(21)19-16/h5-8,11-12H,9-10H2,1-4H3,(H2,17,18,19,21). The van der Waals surface area contributed by atoms with Crippen LogP contribution in [-0.2, 0) is 0 Å². The van der Waals surface area contributed by atoms with Crippen LogP contribution in [0.2, 0.25) is 0 Å². The molecule has 0 unspecified atom stereocenters. The number of nitrogens with zero attached hydrogens (tertiary/aromatic N) is 2. The van der Waals surface area contributed by atoms with E-state index < -0.39 is 0 Å². The van der Waals surface area contributed by atoms with Gasteiger partial charge >= 0.3 is 0 Å². The zero-order chi connectivity index (χ0) is 15.4. The van der Waals surface area contributed by atoms with Crippen molar-refractivity contribution in [3.63, 3.8) is 0 Å². The first kappa shape index (κ1) is 15.5. The highest BCUT2D eigenvalue weighted by Gasteiger charge is 2.12. The Kier molecular flexibility index (Phi) is 4.96. The van der Waals surface area contributed by atoms with Gasteiger partial charge in [-0.2, -0.15) is 0 Å². The Balaban J connectivity index is 2.05. The lowest BCUT2D eigenvalue weighted by atomic mass is 10.2. The van der Waals surface area contributed by atoms with Crippen LogP contribution in [0.25, 0.3) is 10.9 Å². The lowest BCUT2D eigenvalue weighted by molar-refractivity contribution is 0.182. The Morgan fingerprint density at radius 1 is 1.19 bits per heavy atom. The number of H-pyrrole nitrogens is 1. The normalized spacial score (nSPS) is 11.8. The lowest BCUT2D eigenvalue weighted by Gasteiger charge is -2.30. The number of hydrogen-bond donors (Lipinski definition) is 2. The van der Waals surface area contributed by atoms with Gasteiger partial charge in [0.15, 0.2) is 0 Å². The molecule has 2 rings (SSSR count). The Morgan fingerprint density at radius 2 is 1.86 bits per heavy atom. The first-order valence-electron chi connectivity index (χ1n) is 7.47. The van der Waals surface area contributed by atoms with Crippen molar-refractivity contribution in [2.24, 2.45) is 0 Å². The van der Waals surface area contributed by atoms with Gasteiger partial charge in [-0.15, -0.1) is 0 Å². The monoisotopic (exact) mass is 288 g/mol. The van der Waals surface area contributed by atoms with Gasteiger partial charge < -0.3 is 5.32 Å². The smallest absolute Gasteiger partial charge is 0.260 e. The van der Waals surface area contributed by atoms with Gasteiger partial charge in [-0.05, 0) is 39.8 Å². The Hall–Kier alpha value is -1.88. The fourth-order valence-electron chi connectivity index (χ4n) is 2.59. The lowest BCUT2D eigenvalue weighted by Crippen LogP contribution is -2.40. The predicted octanol–water partition coefficient (Wildman–Crippen LogP) is 2.45. The highest BCUT2D eigenvalue weighted by atomic mass is 16.1. The molecule has 0 fully saturated rings. The second-order valence-electron chi connectivity index (χ2n) is 5.78. The van der Waals surface area contributed by atoms with Gasteiger partial charge in [0.1, 0.15) is 0 Å². The predicted molar refractivity (Wildman–Crippen MR) is 87.8 cm³/mol. The molecule has 2 aromatic rings. The maximum atomic E-state index is 12.0. The van der Waals surface area contributed by atoms with Crippen LogP contribution < -0.4 is 10.9 Å². The molecule has 21 heavy (non-hydrogen) atoms. The Labute approximate surface area is 125 Å². The van der Waals surface area contributed by atoms with E-state index in [0.717, 1.165) is 13.1 Å². The molecule has 2 N–H and O–H groups in total. The van der Waals surface area contributed by atoms with Crippen LogP contribution in [0.4, 0.5) is 5.95 Å². The molecule has 0 amide bonds. The van der Waals surface area contributed by atoms with Crippen molar-refractivity contribution in [3.8, 4) is 0 Å². The summed E-state index contributed by atoms with van der Waals surface area (Å²) in [7, 11) is 0. The van der Waals surface area contributed by atoms with E-state index in [9.17, 15) is 4.79 Å². The fraction of sp³-hybridized carbons (Fsp3) is 0.500. The van der Waals surface area contributed by atoms with Crippen LogP contribution in [0.15, 0.2) is 29.1 Å². The first-order valence-corrected chi connectivity index (χ1v) is 7.47. The largest absolute Gasteiger partial charge is 0.354 e. The van der Waals surface area contributed by atoms with Crippen molar-refractivity contribution in [1.29, 1.82) is 0 Å². The topological polar surface area (TPSA) is 61.0 Å². The van der Waals surface area contributed by atoms with Gasteiger partial charge in [0, 0.05) is 25.2 Å². The van der Waals surface area contributed by atoms with Crippen molar-refractivity contribution >= 4 is 16.9 Å². The molecule has 0 saturated heterocycles. The van der Waals surface area contributed by atoms with E-state index in [4.69, 9.17) is 0 Å². The van der Waals surface area contributed by atoms with Gasteiger partial charge in [-0.3, -0.25) is 14.7 Å². The number of para-hydroxylation sites is 1. The summed E-state index contributed by atoms with van der Waals surface area (Å²) in [6.07, 6.45) is 0. The van der Waals surface area contributed by atoms with Crippen LogP contribution in [-0.4, -0.2) is 40.0 Å². The van der Waals surface area contributed by atoms with Gasteiger partial charge in [0.2, 0.25) is 5.95 Å². The summed E-state index contributed by atoms with van der Waals surface area (Å²) >= 11 is 0. The summed E-state index contributed by atoms with van der Waals surface area (Å²) in [6, 6.07) is 8.35. The average Bonchev–Trinajstić information content (AvgIpc) is 2.43. The quantitative estimate of drug-likeness (QED) is 0.857. The van der Waals surface area contributed by atoms with Crippen LogP contribution in [0, 0.1) is 0 Å². The number of anilines is 1. The maximum Gasteiger partial charge on any atom is 0.260 e. The molecule has 0 aliphatic rings. The molecule has 0 atom stereocenters. The minimum absolute atomic E-state index is 0.104. The summed E-state index contributed by atoms with van der Waals surface area (Å²) in [5, 5.41) is 3.83. The highest BCUT2D eigenvalue weighted by molar-refractivity contribution is 5.78. The van der Waals surface area contributed by atoms with E-state index in [1.165, 1.54) is 0 Å². The van der Waals surface area contributed by atoms with E-state index in [1.54, 1.807) is 6.07 Å². The Morgan fingerprint density at radius 3 is 2.52 bits per heavy atom. The fourth-order valence-corrected chi connectivity index (χ4v) is 2.59. The Bertz CT molecular complexity index is 640. The van der Waals surface area contributed by atoms with E-state index in [-0.39, 0.29) is 5.56 Å². The van der Waals surface area contributed by atoms with Crippen LogP contribution in [0.1, 0.15) is 27.7 Å². The molecule has 0 aliphatic heterocycles. The summed E-state index contributed by atoms with van der Waals surface area (Å²) in [5.74, 6) is 0.533. The third-order valence-corrected chi connectivity index (χ3v) is 3.60. The number of rotatable bonds is 6. The maximum absolute atomic E-state index is 12.0. The van der Waals surface area contributed by atoms with Crippen molar-refractivity contribution in [2.45, 2.75) is 39.8 Å². The minimum Gasteiger partial charge on any atom is -0.354 e. The molecule has 1 aromatic carbocycles. The van der Waals surface area contributed by atoms with Gasteiger partial charge in [-0.25, -0.2) is 4.98 Å². The molecule has 114 valence electrons. The molecule has 0 spiro atoms. The molecule has 1 heterocycles. The van der Waals surface area contributed by atoms with Gasteiger partial charge in [-0.1, -0.05) is 12.1 Å². The van der Waals surface area contributed by atoms with Gasteiger partial charge in [0.05, 0.1) is 10.9 Å². The van der Waals surface area contributed by atoms with E-state index in [0.29, 0.717) is 28.9 Å². The molecular weight excluding hydrogens is 264 g/mol. The molecule has 5 heteroatoms. The van der Waals surface area contributed by atoms with E-state index in [2.05, 4.69) is 47.9 Å². The molecule has 0 radical (unpaired) electrons. The number of fused-ring (bicyclic) bond motifs is 1. The van der Waals surface area contributed by atoms with Crippen molar-refractivity contribution < 1.29 is 0 Å². The number of hydrogen-bond acceptors (Lipinski definition) is 4. The van der Waals surface area contributed by atoms with Gasteiger partial charge in [0.25, 0.3) is 5.56 Å². The summed E-state index contributed by atoms with van der Waals surface area (Å²) in [5.41, 5.74) is 0.612.